The predicted molar refractivity (Wildman–Crippen MR) is 66.2 cm³/mol. The molecule has 0 amide bonds. The molecule has 4 heteroatoms. The molecule has 4 nitrogen and oxygen atoms in total. The van der Waals surface area contributed by atoms with Crippen LogP contribution in [0.2, 0.25) is 0 Å². The Bertz CT molecular complexity index is 338. The first-order valence-electron chi connectivity index (χ1n) is 6.34. The van der Waals surface area contributed by atoms with Crippen LogP contribution in [-0.4, -0.2) is 29.8 Å². The van der Waals surface area contributed by atoms with E-state index in [4.69, 9.17) is 4.74 Å². The lowest BCUT2D eigenvalue weighted by Crippen LogP contribution is -2.27. The van der Waals surface area contributed by atoms with E-state index >= 15 is 0 Å². The lowest BCUT2D eigenvalue weighted by molar-refractivity contribution is 0.256. The summed E-state index contributed by atoms with van der Waals surface area (Å²) < 4.78 is 5.45. The summed E-state index contributed by atoms with van der Waals surface area (Å²) in [5, 5.41) is 12.8. The van der Waals surface area contributed by atoms with Crippen LogP contribution in [0, 0.1) is 5.92 Å². The van der Waals surface area contributed by atoms with Gasteiger partial charge in [0.2, 0.25) is 0 Å². The molecule has 1 aliphatic rings. The average molecular weight is 236 g/mol. The summed E-state index contributed by atoms with van der Waals surface area (Å²) in [6.07, 6.45) is 6.40. The van der Waals surface area contributed by atoms with E-state index in [0.29, 0.717) is 12.5 Å². The van der Waals surface area contributed by atoms with Crippen LogP contribution < -0.4 is 10.1 Å². The Morgan fingerprint density at radius 2 is 2.24 bits per heavy atom. The monoisotopic (exact) mass is 236 g/mol. The third-order valence-corrected chi connectivity index (χ3v) is 3.21. The van der Waals surface area contributed by atoms with Crippen LogP contribution in [0.1, 0.15) is 25.7 Å². The fourth-order valence-corrected chi connectivity index (χ4v) is 2.20. The zero-order valence-corrected chi connectivity index (χ0v) is 10.1. The van der Waals surface area contributed by atoms with E-state index in [1.807, 2.05) is 0 Å². The standard InChI is InChI=1S/C13H20N2O2/c16-12-4-1-7-15-13(12)17-10-2-3-11-5-8-14-9-6-11/h1,4,7,11,14,16H,2-3,5-6,8-10H2. The van der Waals surface area contributed by atoms with Gasteiger partial charge in [0, 0.05) is 6.20 Å². The Morgan fingerprint density at radius 3 is 3.00 bits per heavy atom. The number of aromatic nitrogens is 1. The highest BCUT2D eigenvalue weighted by Crippen LogP contribution is 2.22. The highest BCUT2D eigenvalue weighted by Gasteiger charge is 2.12. The molecule has 1 saturated heterocycles. The predicted octanol–water partition coefficient (Wildman–Crippen LogP) is 1.95. The lowest BCUT2D eigenvalue weighted by atomic mass is 9.93. The highest BCUT2D eigenvalue weighted by atomic mass is 16.5. The number of nitrogens with one attached hydrogen (secondary N) is 1. The Morgan fingerprint density at radius 1 is 1.41 bits per heavy atom. The van der Waals surface area contributed by atoms with Crippen molar-refractivity contribution in [2.75, 3.05) is 19.7 Å². The normalized spacial score (nSPS) is 16.9. The first-order valence-corrected chi connectivity index (χ1v) is 6.34. The number of hydrogen-bond acceptors (Lipinski definition) is 4. The Hall–Kier alpha value is -1.29. The van der Waals surface area contributed by atoms with Crippen molar-refractivity contribution in [3.63, 3.8) is 0 Å². The van der Waals surface area contributed by atoms with Gasteiger partial charge in [-0.05, 0) is 56.8 Å². The Kier molecular flexibility index (Phi) is 4.62. The van der Waals surface area contributed by atoms with E-state index in [-0.39, 0.29) is 5.75 Å². The zero-order chi connectivity index (χ0) is 11.9. The quantitative estimate of drug-likeness (QED) is 0.767. The number of aromatic hydroxyl groups is 1. The number of hydrogen-bond donors (Lipinski definition) is 2. The molecule has 1 fully saturated rings. The summed E-state index contributed by atoms with van der Waals surface area (Å²) in [6.45, 7) is 2.92. The first kappa shape index (κ1) is 12.2. The maximum absolute atomic E-state index is 9.46. The molecule has 0 radical (unpaired) electrons. The van der Waals surface area contributed by atoms with Gasteiger partial charge in [0.25, 0.3) is 5.88 Å². The van der Waals surface area contributed by atoms with E-state index in [1.54, 1.807) is 18.3 Å². The van der Waals surface area contributed by atoms with Crippen LogP contribution in [0.3, 0.4) is 0 Å². The van der Waals surface area contributed by atoms with Crippen molar-refractivity contribution in [2.24, 2.45) is 5.92 Å². The molecule has 94 valence electrons. The minimum atomic E-state index is 0.120. The molecule has 2 N–H and O–H groups in total. The average Bonchev–Trinajstić information content (AvgIpc) is 2.38. The fraction of sp³-hybridized carbons (Fsp3) is 0.615. The van der Waals surface area contributed by atoms with Gasteiger partial charge < -0.3 is 15.2 Å². The van der Waals surface area contributed by atoms with Crippen molar-refractivity contribution >= 4 is 0 Å². The summed E-state index contributed by atoms with van der Waals surface area (Å²) in [5.74, 6) is 1.30. The second-order valence-electron chi connectivity index (χ2n) is 4.51. The Labute approximate surface area is 102 Å². The molecule has 0 saturated carbocycles. The molecule has 2 rings (SSSR count). The second-order valence-corrected chi connectivity index (χ2v) is 4.51. The molecular weight excluding hydrogens is 216 g/mol. The van der Waals surface area contributed by atoms with Crippen LogP contribution in [-0.2, 0) is 0 Å². The van der Waals surface area contributed by atoms with Gasteiger partial charge in [-0.25, -0.2) is 4.98 Å². The van der Waals surface area contributed by atoms with Gasteiger partial charge in [-0.3, -0.25) is 0 Å². The maximum atomic E-state index is 9.46. The summed E-state index contributed by atoms with van der Waals surface area (Å²) in [5.41, 5.74) is 0. The van der Waals surface area contributed by atoms with E-state index < -0.39 is 0 Å². The molecule has 0 aliphatic carbocycles. The van der Waals surface area contributed by atoms with Gasteiger partial charge in [-0.15, -0.1) is 0 Å². The number of pyridine rings is 1. The van der Waals surface area contributed by atoms with Crippen LogP contribution in [0.5, 0.6) is 11.6 Å². The SMILES string of the molecule is Oc1cccnc1OCCCC1CCNCC1. The fourth-order valence-electron chi connectivity index (χ4n) is 2.20. The molecule has 1 aromatic heterocycles. The number of nitrogens with zero attached hydrogens (tertiary/aromatic N) is 1. The molecule has 17 heavy (non-hydrogen) atoms. The van der Waals surface area contributed by atoms with Crippen molar-refractivity contribution in [1.29, 1.82) is 0 Å². The third-order valence-electron chi connectivity index (χ3n) is 3.21. The van der Waals surface area contributed by atoms with E-state index in [9.17, 15) is 5.11 Å². The third kappa shape index (κ3) is 3.89. The number of ether oxygens (including phenoxy) is 1. The van der Waals surface area contributed by atoms with E-state index in [0.717, 1.165) is 25.4 Å². The smallest absolute Gasteiger partial charge is 0.256 e. The molecule has 0 aromatic carbocycles. The van der Waals surface area contributed by atoms with Gasteiger partial charge in [-0.2, -0.15) is 0 Å². The van der Waals surface area contributed by atoms with Gasteiger partial charge in [-0.1, -0.05) is 0 Å². The van der Waals surface area contributed by atoms with E-state index in [1.165, 1.54) is 19.3 Å². The molecule has 0 spiro atoms. The summed E-state index contributed by atoms with van der Waals surface area (Å²) in [6, 6.07) is 3.28. The minimum Gasteiger partial charge on any atom is -0.503 e. The van der Waals surface area contributed by atoms with Gasteiger partial charge in [0.1, 0.15) is 0 Å². The van der Waals surface area contributed by atoms with Crippen molar-refractivity contribution in [1.82, 2.24) is 10.3 Å². The van der Waals surface area contributed by atoms with Crippen LogP contribution in [0.4, 0.5) is 0 Å². The van der Waals surface area contributed by atoms with Crippen molar-refractivity contribution in [3.05, 3.63) is 18.3 Å². The molecule has 1 aliphatic heterocycles. The first-order chi connectivity index (χ1) is 8.36. The van der Waals surface area contributed by atoms with Crippen molar-refractivity contribution in [3.8, 4) is 11.6 Å². The minimum absolute atomic E-state index is 0.120. The summed E-state index contributed by atoms with van der Waals surface area (Å²) >= 11 is 0. The molecule has 0 bridgehead atoms. The summed E-state index contributed by atoms with van der Waals surface area (Å²) in [7, 11) is 0. The topological polar surface area (TPSA) is 54.4 Å². The maximum Gasteiger partial charge on any atom is 0.256 e. The molecular formula is C13H20N2O2. The van der Waals surface area contributed by atoms with Crippen LogP contribution in [0.25, 0.3) is 0 Å². The van der Waals surface area contributed by atoms with E-state index in [2.05, 4.69) is 10.3 Å². The van der Waals surface area contributed by atoms with Crippen molar-refractivity contribution < 1.29 is 9.84 Å². The van der Waals surface area contributed by atoms with Crippen LogP contribution in [0.15, 0.2) is 18.3 Å². The highest BCUT2D eigenvalue weighted by molar-refractivity contribution is 5.30. The van der Waals surface area contributed by atoms with Crippen LogP contribution >= 0.6 is 0 Å². The molecule has 2 heterocycles. The van der Waals surface area contributed by atoms with Gasteiger partial charge in [0.05, 0.1) is 6.61 Å². The second kappa shape index (κ2) is 6.45. The lowest BCUT2D eigenvalue weighted by Gasteiger charge is -2.22. The van der Waals surface area contributed by atoms with Gasteiger partial charge in [0.15, 0.2) is 5.75 Å². The largest absolute Gasteiger partial charge is 0.503 e. The zero-order valence-electron chi connectivity index (χ0n) is 10.1. The molecule has 0 unspecified atom stereocenters. The number of rotatable bonds is 5. The van der Waals surface area contributed by atoms with Crippen molar-refractivity contribution in [2.45, 2.75) is 25.7 Å². The summed E-state index contributed by atoms with van der Waals surface area (Å²) in [4.78, 5) is 3.98. The Balaban J connectivity index is 1.64. The molecule has 1 aromatic rings. The van der Waals surface area contributed by atoms with Gasteiger partial charge >= 0.3 is 0 Å². The number of piperidine rings is 1. The molecule has 0 atom stereocenters.